The van der Waals surface area contributed by atoms with Crippen molar-refractivity contribution >= 4 is 23.4 Å². The number of carbonyl (C=O) groups excluding carboxylic acids is 3. The Labute approximate surface area is 145 Å². The van der Waals surface area contributed by atoms with Crippen LogP contribution < -0.4 is 16.0 Å². The van der Waals surface area contributed by atoms with E-state index in [0.717, 1.165) is 12.8 Å². The second kappa shape index (κ2) is 9.27. The number of furan rings is 1. The van der Waals surface area contributed by atoms with Gasteiger partial charge in [-0.3, -0.25) is 14.4 Å². The Hall–Kier alpha value is -3.09. The molecule has 0 saturated carbocycles. The third-order valence-corrected chi connectivity index (χ3v) is 3.38. The lowest BCUT2D eigenvalue weighted by atomic mass is 10.1. The second-order valence-electron chi connectivity index (χ2n) is 5.43. The molecule has 2 rings (SSSR count). The maximum absolute atomic E-state index is 11.8. The molecule has 0 bridgehead atoms. The molecule has 7 nitrogen and oxygen atoms in total. The first kappa shape index (κ1) is 18.3. The van der Waals surface area contributed by atoms with Crippen molar-refractivity contribution in [2.45, 2.75) is 19.8 Å². The summed E-state index contributed by atoms with van der Waals surface area (Å²) in [6.45, 7) is 1.69. The van der Waals surface area contributed by atoms with Gasteiger partial charge in [0.05, 0.1) is 19.4 Å². The van der Waals surface area contributed by atoms with E-state index in [2.05, 4.69) is 22.9 Å². The lowest BCUT2D eigenvalue weighted by molar-refractivity contribution is -0.123. The normalized spacial score (nSPS) is 10.1. The van der Waals surface area contributed by atoms with Crippen LogP contribution in [-0.4, -0.2) is 30.8 Å². The summed E-state index contributed by atoms with van der Waals surface area (Å²) in [6.07, 6.45) is 3.43. The van der Waals surface area contributed by atoms with E-state index in [-0.39, 0.29) is 24.8 Å². The molecule has 0 aliphatic rings. The Balaban J connectivity index is 1.68. The molecule has 0 fully saturated rings. The zero-order valence-corrected chi connectivity index (χ0v) is 14.0. The minimum absolute atomic E-state index is 0.122. The zero-order chi connectivity index (χ0) is 18.1. The molecule has 0 aliphatic carbocycles. The number of carbonyl (C=O) groups is 3. The molecule has 0 unspecified atom stereocenters. The van der Waals surface area contributed by atoms with E-state index in [9.17, 15) is 14.4 Å². The lowest BCUT2D eigenvalue weighted by Gasteiger charge is -2.08. The molecule has 132 valence electrons. The quantitative estimate of drug-likeness (QED) is 0.679. The molecule has 2 aromatic rings. The molecule has 0 atom stereocenters. The largest absolute Gasteiger partial charge is 0.459 e. The molecule has 1 aromatic carbocycles. The number of rotatable bonds is 8. The van der Waals surface area contributed by atoms with Gasteiger partial charge in [-0.1, -0.05) is 25.5 Å². The van der Waals surface area contributed by atoms with Crippen LogP contribution >= 0.6 is 0 Å². The predicted octanol–water partition coefficient (Wildman–Crippen LogP) is 1.72. The van der Waals surface area contributed by atoms with Gasteiger partial charge in [-0.15, -0.1) is 0 Å². The van der Waals surface area contributed by atoms with Gasteiger partial charge in [0.1, 0.15) is 0 Å². The van der Waals surface area contributed by atoms with Crippen molar-refractivity contribution in [2.24, 2.45) is 0 Å². The first-order valence-electron chi connectivity index (χ1n) is 8.05. The summed E-state index contributed by atoms with van der Waals surface area (Å²) in [5.41, 5.74) is 1.88. The Morgan fingerprint density at radius 2 is 1.68 bits per heavy atom. The Kier molecular flexibility index (Phi) is 6.76. The maximum Gasteiger partial charge on any atom is 0.287 e. The Morgan fingerprint density at radius 1 is 0.960 bits per heavy atom. The smallest absolute Gasteiger partial charge is 0.287 e. The third kappa shape index (κ3) is 6.14. The van der Waals surface area contributed by atoms with Crippen LogP contribution in [0.4, 0.5) is 5.69 Å². The molecular weight excluding hydrogens is 322 g/mol. The highest BCUT2D eigenvalue weighted by Gasteiger charge is 2.11. The third-order valence-electron chi connectivity index (χ3n) is 3.38. The SMILES string of the molecule is CCCc1ccc(NC(=O)CNC(=O)CNC(=O)c2ccco2)cc1. The highest BCUT2D eigenvalue weighted by Crippen LogP contribution is 2.10. The molecule has 1 aromatic heterocycles. The number of aryl methyl sites for hydroxylation is 1. The van der Waals surface area contributed by atoms with Crippen molar-refractivity contribution in [1.82, 2.24) is 10.6 Å². The predicted molar refractivity (Wildman–Crippen MR) is 93.1 cm³/mol. The molecule has 0 saturated heterocycles. The van der Waals surface area contributed by atoms with E-state index >= 15 is 0 Å². The molecule has 7 heteroatoms. The highest BCUT2D eigenvalue weighted by atomic mass is 16.3. The van der Waals surface area contributed by atoms with Gasteiger partial charge in [0.25, 0.3) is 5.91 Å². The zero-order valence-electron chi connectivity index (χ0n) is 14.0. The summed E-state index contributed by atoms with van der Waals surface area (Å²) >= 11 is 0. The van der Waals surface area contributed by atoms with Gasteiger partial charge >= 0.3 is 0 Å². The van der Waals surface area contributed by atoms with E-state index in [1.807, 2.05) is 24.3 Å². The Bertz CT molecular complexity index is 708. The van der Waals surface area contributed by atoms with Crippen LogP contribution in [0.25, 0.3) is 0 Å². The van der Waals surface area contributed by atoms with Crippen LogP contribution in [0, 0.1) is 0 Å². The number of nitrogens with one attached hydrogen (secondary N) is 3. The summed E-state index contributed by atoms with van der Waals surface area (Å²) in [4.78, 5) is 35.1. The monoisotopic (exact) mass is 343 g/mol. The summed E-state index contributed by atoms with van der Waals surface area (Å²) in [5, 5.41) is 7.54. The van der Waals surface area contributed by atoms with Crippen molar-refractivity contribution in [3.05, 3.63) is 54.0 Å². The van der Waals surface area contributed by atoms with Gasteiger partial charge in [0, 0.05) is 5.69 Å². The Morgan fingerprint density at radius 3 is 2.32 bits per heavy atom. The molecule has 3 N–H and O–H groups in total. The van der Waals surface area contributed by atoms with Gasteiger partial charge in [-0.05, 0) is 36.2 Å². The molecule has 1 heterocycles. The maximum atomic E-state index is 11.8. The standard InChI is InChI=1S/C18H21N3O4/c1-2-4-13-6-8-14(9-7-13)21-17(23)12-19-16(22)11-20-18(24)15-5-3-10-25-15/h3,5-10H,2,4,11-12H2,1H3,(H,19,22)(H,20,24)(H,21,23). The highest BCUT2D eigenvalue weighted by molar-refractivity contribution is 5.96. The molecule has 0 spiro atoms. The van der Waals surface area contributed by atoms with Gasteiger partial charge in [-0.2, -0.15) is 0 Å². The number of benzene rings is 1. The fraction of sp³-hybridized carbons (Fsp3) is 0.278. The van der Waals surface area contributed by atoms with Crippen LogP contribution in [0.15, 0.2) is 47.1 Å². The average molecular weight is 343 g/mol. The van der Waals surface area contributed by atoms with E-state index in [1.165, 1.54) is 17.9 Å². The van der Waals surface area contributed by atoms with Crippen molar-refractivity contribution in [2.75, 3.05) is 18.4 Å². The van der Waals surface area contributed by atoms with E-state index < -0.39 is 11.8 Å². The lowest BCUT2D eigenvalue weighted by Crippen LogP contribution is -2.40. The van der Waals surface area contributed by atoms with Gasteiger partial charge < -0.3 is 20.4 Å². The van der Waals surface area contributed by atoms with Crippen molar-refractivity contribution in [3.8, 4) is 0 Å². The summed E-state index contributed by atoms with van der Waals surface area (Å²) in [6, 6.07) is 10.6. The fourth-order valence-electron chi connectivity index (χ4n) is 2.15. The van der Waals surface area contributed by atoms with Gasteiger partial charge in [0.15, 0.2) is 5.76 Å². The van der Waals surface area contributed by atoms with Gasteiger partial charge in [-0.25, -0.2) is 0 Å². The van der Waals surface area contributed by atoms with E-state index in [0.29, 0.717) is 5.69 Å². The minimum Gasteiger partial charge on any atom is -0.459 e. The van der Waals surface area contributed by atoms with Crippen molar-refractivity contribution in [1.29, 1.82) is 0 Å². The number of hydrogen-bond acceptors (Lipinski definition) is 4. The number of hydrogen-bond donors (Lipinski definition) is 3. The van der Waals surface area contributed by atoms with Crippen LogP contribution in [0.2, 0.25) is 0 Å². The molecule has 0 aliphatic heterocycles. The minimum atomic E-state index is -0.489. The molecular formula is C18H21N3O4. The van der Waals surface area contributed by atoms with Crippen LogP contribution in [0.5, 0.6) is 0 Å². The number of amides is 3. The summed E-state index contributed by atoms with van der Waals surface area (Å²) in [7, 11) is 0. The first-order chi connectivity index (χ1) is 12.1. The summed E-state index contributed by atoms with van der Waals surface area (Å²) in [5.74, 6) is -1.17. The average Bonchev–Trinajstić information content (AvgIpc) is 3.14. The van der Waals surface area contributed by atoms with E-state index in [1.54, 1.807) is 6.07 Å². The van der Waals surface area contributed by atoms with Crippen molar-refractivity contribution < 1.29 is 18.8 Å². The van der Waals surface area contributed by atoms with E-state index in [4.69, 9.17) is 4.42 Å². The molecule has 25 heavy (non-hydrogen) atoms. The number of anilines is 1. The summed E-state index contributed by atoms with van der Waals surface area (Å²) < 4.78 is 4.91. The van der Waals surface area contributed by atoms with Crippen molar-refractivity contribution in [3.63, 3.8) is 0 Å². The second-order valence-corrected chi connectivity index (χ2v) is 5.43. The van der Waals surface area contributed by atoms with Crippen LogP contribution in [0.3, 0.4) is 0 Å². The molecule has 3 amide bonds. The first-order valence-corrected chi connectivity index (χ1v) is 8.05. The molecule has 0 radical (unpaired) electrons. The fourth-order valence-corrected chi connectivity index (χ4v) is 2.15. The topological polar surface area (TPSA) is 100 Å². The van der Waals surface area contributed by atoms with Gasteiger partial charge in [0.2, 0.25) is 11.8 Å². The van der Waals surface area contributed by atoms with Crippen LogP contribution in [0.1, 0.15) is 29.5 Å². The van der Waals surface area contributed by atoms with Crippen LogP contribution in [-0.2, 0) is 16.0 Å².